The number of hydrogen-bond donors (Lipinski definition) is 1. The molecule has 0 atom stereocenters. The minimum atomic E-state index is -0.121. The van der Waals surface area contributed by atoms with Crippen molar-refractivity contribution in [1.82, 2.24) is 14.9 Å². The molecule has 5 nitrogen and oxygen atoms in total. The van der Waals surface area contributed by atoms with E-state index < -0.39 is 0 Å². The van der Waals surface area contributed by atoms with E-state index in [0.29, 0.717) is 22.4 Å². The number of carbonyl (C=O) groups excluding carboxylic acids is 1. The van der Waals surface area contributed by atoms with Gasteiger partial charge in [0.25, 0.3) is 5.91 Å². The van der Waals surface area contributed by atoms with Crippen LogP contribution in [0.25, 0.3) is 0 Å². The third-order valence-electron chi connectivity index (χ3n) is 2.34. The Hall–Kier alpha value is -1.47. The van der Waals surface area contributed by atoms with Gasteiger partial charge in [0.05, 0.1) is 23.3 Å². The molecule has 7 heteroatoms. The number of pyridine rings is 1. The van der Waals surface area contributed by atoms with Crippen LogP contribution in [0.3, 0.4) is 0 Å². The van der Waals surface area contributed by atoms with E-state index in [4.69, 9.17) is 5.73 Å². The molecule has 0 spiro atoms. The van der Waals surface area contributed by atoms with E-state index in [2.05, 4.69) is 25.9 Å². The van der Waals surface area contributed by atoms with Gasteiger partial charge >= 0.3 is 0 Å². The molecule has 2 heterocycles. The van der Waals surface area contributed by atoms with Crippen molar-refractivity contribution < 1.29 is 4.79 Å². The Kier molecular flexibility index (Phi) is 3.93. The third-order valence-corrected chi connectivity index (χ3v) is 3.60. The van der Waals surface area contributed by atoms with Gasteiger partial charge < -0.3 is 10.6 Å². The van der Waals surface area contributed by atoms with Gasteiger partial charge in [0.1, 0.15) is 5.82 Å². The van der Waals surface area contributed by atoms with Crippen LogP contribution in [-0.2, 0) is 6.54 Å². The second kappa shape index (κ2) is 5.45. The van der Waals surface area contributed by atoms with Crippen molar-refractivity contribution in [1.29, 1.82) is 0 Å². The summed E-state index contributed by atoms with van der Waals surface area (Å²) in [5.41, 5.74) is 8.70. The van der Waals surface area contributed by atoms with Gasteiger partial charge in [-0.15, -0.1) is 11.3 Å². The first kappa shape index (κ1) is 13.0. The summed E-state index contributed by atoms with van der Waals surface area (Å²) in [5, 5.41) is 1.92. The zero-order valence-electron chi connectivity index (χ0n) is 9.63. The SMILES string of the molecule is CN(Cc1cscn1)C(=O)c1cc(N)ncc1Br. The topological polar surface area (TPSA) is 72.1 Å². The van der Waals surface area contributed by atoms with E-state index in [-0.39, 0.29) is 5.91 Å². The van der Waals surface area contributed by atoms with E-state index in [1.165, 1.54) is 17.5 Å². The summed E-state index contributed by atoms with van der Waals surface area (Å²) >= 11 is 4.80. The molecule has 18 heavy (non-hydrogen) atoms. The minimum absolute atomic E-state index is 0.121. The van der Waals surface area contributed by atoms with Gasteiger partial charge in [-0.1, -0.05) is 0 Å². The summed E-state index contributed by atoms with van der Waals surface area (Å²) in [4.78, 5) is 21.9. The number of rotatable bonds is 3. The Morgan fingerprint density at radius 2 is 2.33 bits per heavy atom. The van der Waals surface area contributed by atoms with Crippen molar-refractivity contribution in [3.8, 4) is 0 Å². The number of hydrogen-bond acceptors (Lipinski definition) is 5. The average molecular weight is 327 g/mol. The highest BCUT2D eigenvalue weighted by Gasteiger charge is 2.16. The second-order valence-corrected chi connectivity index (χ2v) is 5.30. The molecule has 0 aromatic carbocycles. The molecule has 0 radical (unpaired) electrons. The highest BCUT2D eigenvalue weighted by molar-refractivity contribution is 9.10. The summed E-state index contributed by atoms with van der Waals surface area (Å²) in [6, 6.07) is 1.56. The van der Waals surface area contributed by atoms with E-state index >= 15 is 0 Å². The van der Waals surface area contributed by atoms with Gasteiger partial charge in [-0.25, -0.2) is 9.97 Å². The molecule has 1 amide bonds. The fourth-order valence-corrected chi connectivity index (χ4v) is 2.39. The zero-order valence-corrected chi connectivity index (χ0v) is 12.0. The van der Waals surface area contributed by atoms with Gasteiger partial charge in [-0.05, 0) is 22.0 Å². The maximum atomic E-state index is 12.2. The second-order valence-electron chi connectivity index (χ2n) is 3.73. The predicted octanol–water partition coefficient (Wildman–Crippen LogP) is 2.16. The quantitative estimate of drug-likeness (QED) is 0.938. The monoisotopic (exact) mass is 326 g/mol. The summed E-state index contributed by atoms with van der Waals surface area (Å²) in [6.07, 6.45) is 1.53. The van der Waals surface area contributed by atoms with Crippen LogP contribution in [0.5, 0.6) is 0 Å². The molecule has 0 fully saturated rings. The molecule has 94 valence electrons. The van der Waals surface area contributed by atoms with Crippen LogP contribution in [0.15, 0.2) is 27.6 Å². The maximum absolute atomic E-state index is 12.2. The lowest BCUT2D eigenvalue weighted by Gasteiger charge is -2.16. The van der Waals surface area contributed by atoms with E-state index in [9.17, 15) is 4.79 Å². The van der Waals surface area contributed by atoms with Crippen LogP contribution in [0.1, 0.15) is 16.1 Å². The fraction of sp³-hybridized carbons (Fsp3) is 0.182. The molecule has 0 bridgehead atoms. The lowest BCUT2D eigenvalue weighted by atomic mass is 10.2. The first-order valence-corrected chi connectivity index (χ1v) is 6.85. The number of thiazole rings is 1. The molecular formula is C11H11BrN4OS. The van der Waals surface area contributed by atoms with Gasteiger partial charge in [-0.3, -0.25) is 4.79 Å². The van der Waals surface area contributed by atoms with Gasteiger partial charge in [0.2, 0.25) is 0 Å². The van der Waals surface area contributed by atoms with Crippen LogP contribution < -0.4 is 5.73 Å². The number of aromatic nitrogens is 2. The highest BCUT2D eigenvalue weighted by atomic mass is 79.9. The van der Waals surface area contributed by atoms with Crippen LogP contribution in [0.4, 0.5) is 5.82 Å². The Bertz CT molecular complexity index is 558. The first-order chi connectivity index (χ1) is 8.58. The molecule has 0 saturated heterocycles. The molecule has 0 saturated carbocycles. The average Bonchev–Trinajstić information content (AvgIpc) is 2.84. The van der Waals surface area contributed by atoms with Crippen molar-refractivity contribution >= 4 is 39.0 Å². The Balaban J connectivity index is 2.17. The van der Waals surface area contributed by atoms with E-state index in [0.717, 1.165) is 5.69 Å². The maximum Gasteiger partial charge on any atom is 0.255 e. The number of halogens is 1. The largest absolute Gasteiger partial charge is 0.384 e. The van der Waals surface area contributed by atoms with Gasteiger partial charge in [-0.2, -0.15) is 0 Å². The summed E-state index contributed by atoms with van der Waals surface area (Å²) < 4.78 is 0.631. The summed E-state index contributed by atoms with van der Waals surface area (Å²) in [7, 11) is 1.73. The van der Waals surface area contributed by atoms with Crippen LogP contribution in [0.2, 0.25) is 0 Å². The van der Waals surface area contributed by atoms with Crippen molar-refractivity contribution in [2.45, 2.75) is 6.54 Å². The lowest BCUT2D eigenvalue weighted by molar-refractivity contribution is 0.0782. The third kappa shape index (κ3) is 2.85. The standard InChI is InChI=1S/C11H11BrN4OS/c1-16(4-7-5-18-6-15-7)11(17)8-2-10(13)14-3-9(8)12/h2-3,5-6H,4H2,1H3,(H2,13,14). The van der Waals surface area contributed by atoms with Gasteiger partial charge in [0.15, 0.2) is 0 Å². The highest BCUT2D eigenvalue weighted by Crippen LogP contribution is 2.19. The molecule has 2 N–H and O–H groups in total. The first-order valence-electron chi connectivity index (χ1n) is 5.11. The Morgan fingerprint density at radius 1 is 1.56 bits per heavy atom. The Morgan fingerprint density at radius 3 is 3.00 bits per heavy atom. The normalized spacial score (nSPS) is 10.3. The molecule has 2 rings (SSSR count). The number of carbonyl (C=O) groups is 1. The van der Waals surface area contributed by atoms with E-state index in [1.807, 2.05) is 5.38 Å². The fourth-order valence-electron chi connectivity index (χ4n) is 1.45. The molecule has 2 aromatic heterocycles. The molecule has 0 aliphatic rings. The molecule has 0 aliphatic carbocycles. The number of anilines is 1. The number of amides is 1. The lowest BCUT2D eigenvalue weighted by Crippen LogP contribution is -2.26. The van der Waals surface area contributed by atoms with Crippen molar-refractivity contribution in [2.75, 3.05) is 12.8 Å². The summed E-state index contributed by atoms with van der Waals surface area (Å²) in [5.74, 6) is 0.201. The van der Waals surface area contributed by atoms with E-state index in [1.54, 1.807) is 23.5 Å². The van der Waals surface area contributed by atoms with Crippen molar-refractivity contribution in [3.63, 3.8) is 0 Å². The molecule has 0 unspecified atom stereocenters. The Labute approximate surface area is 117 Å². The number of nitrogen functional groups attached to an aromatic ring is 1. The predicted molar refractivity (Wildman–Crippen MR) is 74.3 cm³/mol. The molecule has 2 aromatic rings. The molecule has 0 aliphatic heterocycles. The number of nitrogens with zero attached hydrogens (tertiary/aromatic N) is 3. The van der Waals surface area contributed by atoms with Crippen LogP contribution in [0, 0.1) is 0 Å². The van der Waals surface area contributed by atoms with Crippen molar-refractivity contribution in [3.05, 3.63) is 38.9 Å². The zero-order chi connectivity index (χ0) is 13.1. The van der Waals surface area contributed by atoms with Crippen molar-refractivity contribution in [2.24, 2.45) is 0 Å². The molecular weight excluding hydrogens is 316 g/mol. The minimum Gasteiger partial charge on any atom is -0.384 e. The summed E-state index contributed by atoms with van der Waals surface area (Å²) in [6.45, 7) is 0.469. The smallest absolute Gasteiger partial charge is 0.255 e. The number of nitrogens with two attached hydrogens (primary N) is 1. The van der Waals surface area contributed by atoms with Crippen LogP contribution >= 0.6 is 27.3 Å². The van der Waals surface area contributed by atoms with Gasteiger partial charge in [0, 0.05) is 23.1 Å². The van der Waals surface area contributed by atoms with Crippen LogP contribution in [-0.4, -0.2) is 27.8 Å².